The summed E-state index contributed by atoms with van der Waals surface area (Å²) in [5.74, 6) is 1.33. The van der Waals surface area contributed by atoms with Crippen molar-refractivity contribution in [3.63, 3.8) is 0 Å². The molecule has 1 aliphatic rings. The predicted octanol–water partition coefficient (Wildman–Crippen LogP) is 1.61. The Morgan fingerprint density at radius 3 is 2.18 bits per heavy atom. The highest BCUT2D eigenvalue weighted by molar-refractivity contribution is 7.91. The Morgan fingerprint density at radius 1 is 0.857 bits per heavy atom. The van der Waals surface area contributed by atoms with Crippen LogP contribution in [0, 0.1) is 0 Å². The summed E-state index contributed by atoms with van der Waals surface area (Å²) in [6.07, 6.45) is 3.07. The summed E-state index contributed by atoms with van der Waals surface area (Å²) in [6.45, 7) is 2.93. The number of nitrogens with zero attached hydrogens (tertiary/aromatic N) is 5. The Morgan fingerprint density at radius 2 is 1.54 bits per heavy atom. The van der Waals surface area contributed by atoms with E-state index in [1.165, 1.54) is 18.3 Å². The van der Waals surface area contributed by atoms with Gasteiger partial charge in [-0.2, -0.15) is 4.98 Å². The van der Waals surface area contributed by atoms with Crippen LogP contribution in [0.5, 0.6) is 0 Å². The van der Waals surface area contributed by atoms with Gasteiger partial charge in [-0.25, -0.2) is 18.4 Å². The van der Waals surface area contributed by atoms with Crippen molar-refractivity contribution < 1.29 is 8.42 Å². The largest absolute Gasteiger partial charge is 0.382 e. The highest BCUT2D eigenvalue weighted by Gasteiger charge is 2.25. The highest BCUT2D eigenvalue weighted by atomic mass is 32.2. The molecular formula is C19H20N6O2S. The van der Waals surface area contributed by atoms with Gasteiger partial charge in [0.2, 0.25) is 15.8 Å². The van der Waals surface area contributed by atoms with Gasteiger partial charge in [-0.1, -0.05) is 24.3 Å². The first kappa shape index (κ1) is 18.2. The first-order valence-electron chi connectivity index (χ1n) is 8.89. The zero-order valence-corrected chi connectivity index (χ0v) is 16.0. The number of hydrogen-bond donors (Lipinski definition) is 1. The summed E-state index contributed by atoms with van der Waals surface area (Å²) >= 11 is 0. The van der Waals surface area contributed by atoms with E-state index >= 15 is 0 Å². The van der Waals surface area contributed by atoms with E-state index in [4.69, 9.17) is 5.73 Å². The molecule has 0 spiro atoms. The Bertz CT molecular complexity index is 1050. The van der Waals surface area contributed by atoms with E-state index in [-0.39, 0.29) is 15.6 Å². The van der Waals surface area contributed by atoms with Crippen molar-refractivity contribution in [2.24, 2.45) is 0 Å². The number of pyridine rings is 1. The minimum Gasteiger partial charge on any atom is -0.382 e. The molecule has 1 aliphatic heterocycles. The minimum atomic E-state index is -3.75. The molecule has 0 radical (unpaired) electrons. The van der Waals surface area contributed by atoms with Gasteiger partial charge in [0.05, 0.1) is 11.1 Å². The van der Waals surface area contributed by atoms with Crippen LogP contribution in [0.3, 0.4) is 0 Å². The number of benzene rings is 1. The molecular weight excluding hydrogens is 376 g/mol. The summed E-state index contributed by atoms with van der Waals surface area (Å²) in [7, 11) is -3.75. The van der Waals surface area contributed by atoms with Gasteiger partial charge in [0.25, 0.3) is 0 Å². The monoisotopic (exact) mass is 396 g/mol. The maximum atomic E-state index is 12.8. The van der Waals surface area contributed by atoms with Crippen molar-refractivity contribution in [3.05, 3.63) is 60.9 Å². The molecule has 28 heavy (non-hydrogen) atoms. The molecule has 0 amide bonds. The molecule has 3 aromatic rings. The van der Waals surface area contributed by atoms with Crippen LogP contribution in [-0.2, 0) is 9.84 Å². The average molecular weight is 396 g/mol. The minimum absolute atomic E-state index is 0.0407. The molecule has 0 bridgehead atoms. The number of sulfone groups is 1. The second-order valence-electron chi connectivity index (χ2n) is 6.40. The maximum Gasteiger partial charge on any atom is 0.227 e. The number of nitrogen functional groups attached to an aromatic ring is 1. The van der Waals surface area contributed by atoms with E-state index in [1.54, 1.807) is 24.4 Å². The highest BCUT2D eigenvalue weighted by Crippen LogP contribution is 2.26. The van der Waals surface area contributed by atoms with Crippen LogP contribution in [0.15, 0.2) is 70.7 Å². The molecule has 144 valence electrons. The number of nitrogens with two attached hydrogens (primary N) is 1. The molecule has 3 heterocycles. The fourth-order valence-electron chi connectivity index (χ4n) is 3.14. The summed E-state index contributed by atoms with van der Waals surface area (Å²) in [4.78, 5) is 17.2. The zero-order valence-electron chi connectivity index (χ0n) is 15.1. The molecule has 0 unspecified atom stereocenters. The van der Waals surface area contributed by atoms with Crippen molar-refractivity contribution in [1.29, 1.82) is 0 Å². The Kier molecular flexibility index (Phi) is 4.82. The van der Waals surface area contributed by atoms with Gasteiger partial charge in [0.1, 0.15) is 16.5 Å². The standard InChI is InChI=1S/C19H20N6O2S/c20-18-16(28(26,27)15-6-2-1-3-7-15)14-22-19(23-18)25-12-10-24(11-13-25)17-8-4-5-9-21-17/h1-9,14H,10-13H2,(H2,20,22,23). The first-order valence-corrected chi connectivity index (χ1v) is 10.4. The maximum absolute atomic E-state index is 12.8. The number of rotatable bonds is 4. The van der Waals surface area contributed by atoms with Crippen molar-refractivity contribution in [2.45, 2.75) is 9.79 Å². The lowest BCUT2D eigenvalue weighted by molar-refractivity contribution is 0.595. The van der Waals surface area contributed by atoms with Crippen LogP contribution in [0.2, 0.25) is 0 Å². The molecule has 1 aromatic carbocycles. The lowest BCUT2D eigenvalue weighted by Crippen LogP contribution is -2.47. The summed E-state index contributed by atoms with van der Waals surface area (Å²) < 4.78 is 25.5. The average Bonchev–Trinajstić information content (AvgIpc) is 2.75. The van der Waals surface area contributed by atoms with Crippen LogP contribution in [-0.4, -0.2) is 49.5 Å². The fraction of sp³-hybridized carbons (Fsp3) is 0.211. The van der Waals surface area contributed by atoms with E-state index in [0.717, 1.165) is 18.9 Å². The van der Waals surface area contributed by atoms with E-state index in [0.29, 0.717) is 19.0 Å². The molecule has 9 heteroatoms. The normalized spacial score (nSPS) is 14.9. The third-order valence-electron chi connectivity index (χ3n) is 4.65. The van der Waals surface area contributed by atoms with Crippen LogP contribution < -0.4 is 15.5 Å². The van der Waals surface area contributed by atoms with Gasteiger partial charge in [-0.3, -0.25) is 0 Å². The number of anilines is 3. The molecule has 0 saturated carbocycles. The third kappa shape index (κ3) is 3.48. The fourth-order valence-corrected chi connectivity index (χ4v) is 4.42. The van der Waals surface area contributed by atoms with Gasteiger partial charge in [-0.05, 0) is 24.3 Å². The van der Waals surface area contributed by atoms with Crippen molar-refractivity contribution in [3.8, 4) is 0 Å². The Balaban J connectivity index is 1.51. The van der Waals surface area contributed by atoms with Crippen molar-refractivity contribution in [1.82, 2.24) is 15.0 Å². The lowest BCUT2D eigenvalue weighted by Gasteiger charge is -2.35. The zero-order chi connectivity index (χ0) is 19.6. The molecule has 0 aliphatic carbocycles. The molecule has 1 fully saturated rings. The van der Waals surface area contributed by atoms with Crippen LogP contribution in [0.4, 0.5) is 17.6 Å². The van der Waals surface area contributed by atoms with E-state index in [2.05, 4.69) is 19.9 Å². The second kappa shape index (κ2) is 7.43. The number of piperazine rings is 1. The van der Waals surface area contributed by atoms with E-state index in [1.807, 2.05) is 23.1 Å². The third-order valence-corrected chi connectivity index (χ3v) is 6.44. The van der Waals surface area contributed by atoms with Gasteiger partial charge in [0.15, 0.2) is 0 Å². The van der Waals surface area contributed by atoms with E-state index in [9.17, 15) is 8.42 Å². The topological polar surface area (TPSA) is 105 Å². The van der Waals surface area contributed by atoms with Gasteiger partial charge < -0.3 is 15.5 Å². The SMILES string of the molecule is Nc1nc(N2CCN(c3ccccn3)CC2)ncc1S(=O)(=O)c1ccccc1. The molecule has 1 saturated heterocycles. The Hall–Kier alpha value is -3.20. The summed E-state index contributed by atoms with van der Waals surface area (Å²) in [5.41, 5.74) is 5.99. The number of aromatic nitrogens is 3. The van der Waals surface area contributed by atoms with Crippen LogP contribution in [0.25, 0.3) is 0 Å². The quantitative estimate of drug-likeness (QED) is 0.709. The molecule has 2 N–H and O–H groups in total. The van der Waals surface area contributed by atoms with Crippen LogP contribution in [0.1, 0.15) is 0 Å². The predicted molar refractivity (Wildman–Crippen MR) is 107 cm³/mol. The van der Waals surface area contributed by atoms with Crippen molar-refractivity contribution in [2.75, 3.05) is 41.7 Å². The first-order chi connectivity index (χ1) is 13.6. The lowest BCUT2D eigenvalue weighted by atomic mass is 10.3. The van der Waals surface area contributed by atoms with Gasteiger partial charge >= 0.3 is 0 Å². The summed E-state index contributed by atoms with van der Waals surface area (Å²) in [5, 5.41) is 0. The Labute approximate surface area is 163 Å². The van der Waals surface area contributed by atoms with Gasteiger partial charge in [-0.15, -0.1) is 0 Å². The molecule has 2 aromatic heterocycles. The smallest absolute Gasteiger partial charge is 0.227 e. The molecule has 0 atom stereocenters. The van der Waals surface area contributed by atoms with Crippen LogP contribution >= 0.6 is 0 Å². The summed E-state index contributed by atoms with van der Waals surface area (Å²) in [6, 6.07) is 14.0. The molecule has 4 rings (SSSR count). The second-order valence-corrected chi connectivity index (χ2v) is 8.32. The van der Waals surface area contributed by atoms with Gasteiger partial charge in [0, 0.05) is 32.4 Å². The van der Waals surface area contributed by atoms with Crippen molar-refractivity contribution >= 4 is 27.4 Å². The van der Waals surface area contributed by atoms with E-state index < -0.39 is 9.84 Å². The number of hydrogen-bond acceptors (Lipinski definition) is 8. The molecule has 8 nitrogen and oxygen atoms in total.